The smallest absolute Gasteiger partial charge is 0.270 e. The van der Waals surface area contributed by atoms with Gasteiger partial charge in [-0.05, 0) is 45.4 Å². The lowest BCUT2D eigenvalue weighted by Crippen LogP contribution is -2.43. The van der Waals surface area contributed by atoms with E-state index in [1.807, 2.05) is 0 Å². The molecule has 6 heteroatoms. The van der Waals surface area contributed by atoms with Crippen LogP contribution in [0.2, 0.25) is 0 Å². The summed E-state index contributed by atoms with van der Waals surface area (Å²) >= 11 is 0. The zero-order valence-electron chi connectivity index (χ0n) is 13.1. The maximum Gasteiger partial charge on any atom is 0.270 e. The Morgan fingerprint density at radius 2 is 2.05 bits per heavy atom. The van der Waals surface area contributed by atoms with E-state index in [1.54, 1.807) is 0 Å². The number of nitrogens with zero attached hydrogens (tertiary/aromatic N) is 2. The van der Waals surface area contributed by atoms with E-state index in [2.05, 4.69) is 4.99 Å². The van der Waals surface area contributed by atoms with E-state index < -0.39 is 6.17 Å². The third-order valence-electron chi connectivity index (χ3n) is 4.14. The van der Waals surface area contributed by atoms with Gasteiger partial charge in [0.1, 0.15) is 11.9 Å². The number of nitrogens with two attached hydrogens (primary N) is 1. The molecular formula is C16H24FN3O2. The van der Waals surface area contributed by atoms with Crippen molar-refractivity contribution in [3.8, 4) is 0 Å². The number of amides is 1. The maximum atomic E-state index is 13.5. The summed E-state index contributed by atoms with van der Waals surface area (Å²) in [6, 6.07) is 0. The number of hydrogen-bond donors (Lipinski definition) is 1. The molecule has 5 nitrogen and oxygen atoms in total. The van der Waals surface area contributed by atoms with Crippen LogP contribution in [0, 0.1) is 0 Å². The lowest BCUT2D eigenvalue weighted by atomic mass is 9.90. The van der Waals surface area contributed by atoms with E-state index in [4.69, 9.17) is 5.73 Å². The van der Waals surface area contributed by atoms with Crippen molar-refractivity contribution in [3.05, 3.63) is 11.3 Å². The van der Waals surface area contributed by atoms with E-state index in [-0.39, 0.29) is 30.5 Å². The van der Waals surface area contributed by atoms with Gasteiger partial charge in [-0.15, -0.1) is 0 Å². The summed E-state index contributed by atoms with van der Waals surface area (Å²) in [6.45, 7) is 2.27. The molecule has 1 saturated heterocycles. The van der Waals surface area contributed by atoms with Crippen LogP contribution in [0.5, 0.6) is 0 Å². The lowest BCUT2D eigenvalue weighted by Gasteiger charge is -2.30. The van der Waals surface area contributed by atoms with E-state index >= 15 is 0 Å². The fourth-order valence-corrected chi connectivity index (χ4v) is 2.97. The first-order valence-corrected chi connectivity index (χ1v) is 7.94. The molecule has 2 N–H and O–H groups in total. The molecule has 0 bridgehead atoms. The summed E-state index contributed by atoms with van der Waals surface area (Å²) in [7, 11) is 0. The third kappa shape index (κ3) is 4.15. The average molecular weight is 309 g/mol. The fourth-order valence-electron chi connectivity index (χ4n) is 2.97. The second-order valence-corrected chi connectivity index (χ2v) is 6.05. The van der Waals surface area contributed by atoms with Crippen molar-refractivity contribution in [2.45, 2.75) is 51.6 Å². The average Bonchev–Trinajstić information content (AvgIpc) is 2.51. The molecule has 1 aliphatic heterocycles. The van der Waals surface area contributed by atoms with E-state index in [1.165, 1.54) is 11.8 Å². The Morgan fingerprint density at radius 1 is 1.32 bits per heavy atom. The fraction of sp³-hybridized carbons (Fsp3) is 0.688. The number of rotatable bonds is 3. The molecule has 0 radical (unpaired) electrons. The Morgan fingerprint density at radius 3 is 2.73 bits per heavy atom. The molecular weight excluding hydrogens is 285 g/mol. The summed E-state index contributed by atoms with van der Waals surface area (Å²) in [5, 5.41) is 0. The maximum absolute atomic E-state index is 13.5. The van der Waals surface area contributed by atoms with Gasteiger partial charge in [-0.1, -0.05) is 0 Å². The number of carbonyl (C=O) groups excluding carboxylic acids is 2. The van der Waals surface area contributed by atoms with Gasteiger partial charge in [0.15, 0.2) is 5.78 Å². The molecule has 1 aliphatic carbocycles. The number of likely N-dealkylation sites (tertiary alicyclic amines) is 1. The van der Waals surface area contributed by atoms with Gasteiger partial charge in [-0.3, -0.25) is 14.6 Å². The number of carbonyl (C=O) groups is 2. The minimum Gasteiger partial charge on any atom is -0.394 e. The van der Waals surface area contributed by atoms with Crippen LogP contribution < -0.4 is 5.73 Å². The number of hydrogen-bond acceptors (Lipinski definition) is 4. The van der Waals surface area contributed by atoms with Crippen LogP contribution in [0.1, 0.15) is 45.4 Å². The molecule has 0 spiro atoms. The van der Waals surface area contributed by atoms with Crippen molar-refractivity contribution in [1.29, 1.82) is 0 Å². The second-order valence-electron chi connectivity index (χ2n) is 6.05. The highest BCUT2D eigenvalue weighted by Gasteiger charge is 2.27. The highest BCUT2D eigenvalue weighted by molar-refractivity contribution is 6.08. The lowest BCUT2D eigenvalue weighted by molar-refractivity contribution is -0.129. The molecule has 1 heterocycles. The zero-order chi connectivity index (χ0) is 16.1. The Balaban J connectivity index is 2.18. The number of alkyl halides is 1. The van der Waals surface area contributed by atoms with Crippen molar-refractivity contribution in [2.24, 2.45) is 10.7 Å². The first kappa shape index (κ1) is 16.6. The van der Waals surface area contributed by atoms with Gasteiger partial charge in [-0.25, -0.2) is 4.39 Å². The Kier molecular flexibility index (Phi) is 5.69. The summed E-state index contributed by atoms with van der Waals surface area (Å²) < 4.78 is 13.5. The number of aliphatic imine (C=N–C) groups is 1. The van der Waals surface area contributed by atoms with Crippen LogP contribution in [0.3, 0.4) is 0 Å². The Labute approximate surface area is 130 Å². The monoisotopic (exact) mass is 309 g/mol. The quantitative estimate of drug-likeness (QED) is 0.807. The molecule has 1 amide bonds. The number of Topliss-reactive ketones (excluding diaryl/α,β-unsaturated/α-hetero) is 1. The first-order chi connectivity index (χ1) is 10.5. The number of allylic oxidation sites excluding steroid dienone is 1. The SMILES string of the molecule is CC(=O)CN=C1CCCC/C1=C(/N)C(=O)N1CCCC(F)C1. The molecule has 1 saturated carbocycles. The van der Waals surface area contributed by atoms with Crippen molar-refractivity contribution in [2.75, 3.05) is 19.6 Å². The van der Waals surface area contributed by atoms with E-state index in [9.17, 15) is 14.0 Å². The normalized spacial score (nSPS) is 26.9. The molecule has 0 aromatic heterocycles. The zero-order valence-corrected chi connectivity index (χ0v) is 13.1. The predicted octanol–water partition coefficient (Wildman–Crippen LogP) is 1.76. The van der Waals surface area contributed by atoms with Gasteiger partial charge in [0.05, 0.1) is 13.1 Å². The molecule has 1 unspecified atom stereocenters. The van der Waals surface area contributed by atoms with Gasteiger partial charge >= 0.3 is 0 Å². The highest BCUT2D eigenvalue weighted by atomic mass is 19.1. The van der Waals surface area contributed by atoms with E-state index in [0.29, 0.717) is 25.8 Å². The highest BCUT2D eigenvalue weighted by Crippen LogP contribution is 2.24. The molecule has 2 rings (SSSR count). The largest absolute Gasteiger partial charge is 0.394 e. The van der Waals surface area contributed by atoms with Crippen molar-refractivity contribution in [3.63, 3.8) is 0 Å². The topological polar surface area (TPSA) is 75.8 Å². The van der Waals surface area contributed by atoms with Crippen LogP contribution in [-0.2, 0) is 9.59 Å². The standard InChI is InChI=1S/C16H24FN3O2/c1-11(21)9-19-14-7-3-2-6-13(14)15(18)16(22)20-8-4-5-12(17)10-20/h12H,2-10,18H2,1H3/b15-13-,19-14?. The van der Waals surface area contributed by atoms with Crippen LogP contribution >= 0.6 is 0 Å². The molecule has 1 atom stereocenters. The van der Waals surface area contributed by atoms with Crippen molar-refractivity contribution in [1.82, 2.24) is 4.90 Å². The molecule has 2 fully saturated rings. The predicted molar refractivity (Wildman–Crippen MR) is 83.4 cm³/mol. The van der Waals surface area contributed by atoms with Crippen LogP contribution in [0.4, 0.5) is 4.39 Å². The van der Waals surface area contributed by atoms with Crippen LogP contribution in [0.25, 0.3) is 0 Å². The third-order valence-corrected chi connectivity index (χ3v) is 4.14. The van der Waals surface area contributed by atoms with Crippen LogP contribution in [-0.4, -0.2) is 48.1 Å². The van der Waals surface area contributed by atoms with Gasteiger partial charge in [0.25, 0.3) is 5.91 Å². The van der Waals surface area contributed by atoms with Gasteiger partial charge in [-0.2, -0.15) is 0 Å². The Bertz CT molecular complexity index is 514. The van der Waals surface area contributed by atoms with Crippen molar-refractivity contribution < 1.29 is 14.0 Å². The minimum atomic E-state index is -0.965. The second kappa shape index (κ2) is 7.51. The molecule has 0 aromatic carbocycles. The van der Waals surface area contributed by atoms with Gasteiger partial charge in [0, 0.05) is 17.8 Å². The molecule has 0 aromatic rings. The number of piperidine rings is 1. The molecule has 2 aliphatic rings. The molecule has 122 valence electrons. The van der Waals surface area contributed by atoms with Gasteiger partial charge < -0.3 is 10.6 Å². The summed E-state index contributed by atoms with van der Waals surface area (Å²) in [6.07, 6.45) is 3.58. The summed E-state index contributed by atoms with van der Waals surface area (Å²) in [5.41, 5.74) is 7.76. The van der Waals surface area contributed by atoms with Crippen LogP contribution in [0.15, 0.2) is 16.3 Å². The minimum absolute atomic E-state index is 0.0152. The summed E-state index contributed by atoms with van der Waals surface area (Å²) in [4.78, 5) is 29.4. The number of ketones is 1. The summed E-state index contributed by atoms with van der Waals surface area (Å²) in [5.74, 6) is -0.312. The van der Waals surface area contributed by atoms with E-state index in [0.717, 1.165) is 30.5 Å². The van der Waals surface area contributed by atoms with Crippen molar-refractivity contribution >= 4 is 17.4 Å². The number of halogens is 1. The first-order valence-electron chi connectivity index (χ1n) is 7.94. The Hall–Kier alpha value is -1.72. The van der Waals surface area contributed by atoms with Gasteiger partial charge in [0.2, 0.25) is 0 Å². The molecule has 22 heavy (non-hydrogen) atoms.